The molecule has 118 valence electrons. The Balaban J connectivity index is 2.51. The maximum atomic E-state index is 3.57. The largest absolute Gasteiger partial charge is 0.313 e. The zero-order chi connectivity index (χ0) is 15.2. The summed E-state index contributed by atoms with van der Waals surface area (Å²) in [5, 5.41) is 3.57. The van der Waals surface area contributed by atoms with Crippen LogP contribution in [0.3, 0.4) is 0 Å². The van der Waals surface area contributed by atoms with E-state index in [1.807, 2.05) is 0 Å². The lowest BCUT2D eigenvalue weighted by Gasteiger charge is -2.36. The quantitative estimate of drug-likeness (QED) is 0.505. The van der Waals surface area contributed by atoms with Crippen molar-refractivity contribution in [3.63, 3.8) is 0 Å². The van der Waals surface area contributed by atoms with Crippen LogP contribution in [0, 0.1) is 23.2 Å². The van der Waals surface area contributed by atoms with E-state index in [9.17, 15) is 0 Å². The molecule has 1 aliphatic carbocycles. The second-order valence-corrected chi connectivity index (χ2v) is 8.05. The first kappa shape index (κ1) is 17.8. The average molecular weight is 280 g/mol. The lowest BCUT2D eigenvalue weighted by molar-refractivity contribution is 0.162. The molecule has 0 aromatic heterocycles. The molecule has 0 bridgehead atoms. The summed E-state index contributed by atoms with van der Waals surface area (Å²) in [6.45, 7) is 16.3. The first-order valence-corrected chi connectivity index (χ1v) is 8.75. The van der Waals surface area contributed by atoms with Gasteiger partial charge >= 0.3 is 0 Å². The molecule has 0 aromatic carbocycles. The van der Waals surface area contributed by atoms with E-state index in [0.717, 1.165) is 24.9 Å². The van der Waals surface area contributed by atoms with Crippen molar-refractivity contribution in [1.82, 2.24) is 5.32 Å². The summed E-state index contributed by atoms with van der Waals surface area (Å²) in [4.78, 5) is 0. The van der Waals surface area contributed by atoms with Crippen LogP contribution in [0.15, 0.2) is 11.6 Å². The Bertz CT molecular complexity index is 287. The van der Waals surface area contributed by atoms with Gasteiger partial charge in [-0.25, -0.2) is 0 Å². The average Bonchev–Trinajstić information content (AvgIpc) is 2.37. The summed E-state index contributed by atoms with van der Waals surface area (Å²) < 4.78 is 0. The molecule has 1 saturated carbocycles. The summed E-state index contributed by atoms with van der Waals surface area (Å²) in [5.41, 5.74) is 2.12. The van der Waals surface area contributed by atoms with E-state index in [1.54, 1.807) is 5.57 Å². The van der Waals surface area contributed by atoms with Gasteiger partial charge in [-0.05, 0) is 61.8 Å². The summed E-state index contributed by atoms with van der Waals surface area (Å²) in [6, 6.07) is 0. The van der Waals surface area contributed by atoms with Crippen LogP contribution in [0.25, 0.3) is 0 Å². The Morgan fingerprint density at radius 2 is 1.75 bits per heavy atom. The van der Waals surface area contributed by atoms with Crippen LogP contribution in [-0.4, -0.2) is 13.1 Å². The van der Waals surface area contributed by atoms with Crippen molar-refractivity contribution in [3.05, 3.63) is 11.6 Å². The molecule has 0 radical (unpaired) electrons. The third-order valence-corrected chi connectivity index (χ3v) is 4.94. The van der Waals surface area contributed by atoms with E-state index in [0.29, 0.717) is 11.3 Å². The van der Waals surface area contributed by atoms with Crippen LogP contribution in [-0.2, 0) is 0 Å². The molecule has 1 aliphatic rings. The molecule has 0 aromatic rings. The monoisotopic (exact) mass is 279 g/mol. The molecule has 1 nitrogen and oxygen atoms in total. The lowest BCUT2D eigenvalue weighted by Crippen LogP contribution is -2.26. The highest BCUT2D eigenvalue weighted by Gasteiger charge is 2.29. The maximum absolute atomic E-state index is 3.57. The van der Waals surface area contributed by atoms with E-state index < -0.39 is 0 Å². The molecule has 0 amide bonds. The molecule has 0 aliphatic heterocycles. The van der Waals surface area contributed by atoms with E-state index in [1.165, 1.54) is 32.1 Å². The highest BCUT2D eigenvalue weighted by atomic mass is 14.8. The van der Waals surface area contributed by atoms with Crippen LogP contribution in [0.1, 0.15) is 73.6 Å². The van der Waals surface area contributed by atoms with Crippen molar-refractivity contribution in [2.45, 2.75) is 73.6 Å². The number of hydrogen-bond donors (Lipinski definition) is 1. The summed E-state index contributed by atoms with van der Waals surface area (Å²) in [5.74, 6) is 2.43. The summed E-state index contributed by atoms with van der Waals surface area (Å²) >= 11 is 0. The Labute approximate surface area is 127 Å². The first-order chi connectivity index (χ1) is 9.34. The summed E-state index contributed by atoms with van der Waals surface area (Å²) in [7, 11) is 0. The van der Waals surface area contributed by atoms with Gasteiger partial charge in [0, 0.05) is 6.54 Å². The van der Waals surface area contributed by atoms with Gasteiger partial charge in [0.15, 0.2) is 0 Å². The van der Waals surface area contributed by atoms with Gasteiger partial charge in [0.25, 0.3) is 0 Å². The minimum absolute atomic E-state index is 0.498. The third-order valence-electron chi connectivity index (χ3n) is 4.94. The van der Waals surface area contributed by atoms with Crippen LogP contribution >= 0.6 is 0 Å². The molecule has 1 fully saturated rings. The smallest absolute Gasteiger partial charge is 0.0167 e. The molecule has 20 heavy (non-hydrogen) atoms. The maximum Gasteiger partial charge on any atom is 0.0167 e. The zero-order valence-electron chi connectivity index (χ0n) is 14.8. The van der Waals surface area contributed by atoms with E-state index in [-0.39, 0.29) is 0 Å². The van der Waals surface area contributed by atoms with Gasteiger partial charge in [-0.3, -0.25) is 0 Å². The number of rotatable bonds is 6. The van der Waals surface area contributed by atoms with Crippen molar-refractivity contribution >= 4 is 0 Å². The molecule has 1 N–H and O–H groups in total. The van der Waals surface area contributed by atoms with Gasteiger partial charge in [0.2, 0.25) is 0 Å². The second kappa shape index (κ2) is 8.22. The normalized spacial score (nSPS) is 25.2. The zero-order valence-corrected chi connectivity index (χ0v) is 14.8. The van der Waals surface area contributed by atoms with Crippen molar-refractivity contribution in [2.75, 3.05) is 13.1 Å². The van der Waals surface area contributed by atoms with Gasteiger partial charge in [-0.2, -0.15) is 0 Å². The molecule has 0 spiro atoms. The topological polar surface area (TPSA) is 12.0 Å². The molecular weight excluding hydrogens is 242 g/mol. The van der Waals surface area contributed by atoms with E-state index in [2.05, 4.69) is 52.9 Å². The highest BCUT2D eigenvalue weighted by molar-refractivity contribution is 5.09. The van der Waals surface area contributed by atoms with Crippen LogP contribution < -0.4 is 5.32 Å². The fraction of sp³-hybridized carbons (Fsp3) is 0.895. The van der Waals surface area contributed by atoms with Crippen LogP contribution in [0.4, 0.5) is 0 Å². The van der Waals surface area contributed by atoms with Gasteiger partial charge in [0.05, 0.1) is 0 Å². The fourth-order valence-electron chi connectivity index (χ4n) is 3.32. The minimum Gasteiger partial charge on any atom is -0.313 e. The Morgan fingerprint density at radius 3 is 2.20 bits per heavy atom. The molecule has 0 saturated heterocycles. The van der Waals surface area contributed by atoms with Gasteiger partial charge < -0.3 is 5.32 Å². The SMILES string of the molecule is CCCNCC(=CC1CCC(C(C)(C)C)CC1)C(C)C. The number of hydrogen-bond acceptors (Lipinski definition) is 1. The molecule has 0 unspecified atom stereocenters. The molecule has 0 atom stereocenters. The lowest BCUT2D eigenvalue weighted by atomic mass is 9.69. The number of allylic oxidation sites excluding steroid dienone is 1. The Kier molecular flexibility index (Phi) is 7.29. The third kappa shape index (κ3) is 5.99. The highest BCUT2D eigenvalue weighted by Crippen LogP contribution is 2.40. The van der Waals surface area contributed by atoms with Crippen molar-refractivity contribution < 1.29 is 0 Å². The molecular formula is C19H37N. The predicted molar refractivity (Wildman–Crippen MR) is 91.0 cm³/mol. The van der Waals surface area contributed by atoms with Crippen molar-refractivity contribution in [2.24, 2.45) is 23.2 Å². The van der Waals surface area contributed by atoms with Gasteiger partial charge in [0.1, 0.15) is 0 Å². The number of nitrogens with one attached hydrogen (secondary N) is 1. The van der Waals surface area contributed by atoms with Crippen molar-refractivity contribution in [1.29, 1.82) is 0 Å². The second-order valence-electron chi connectivity index (χ2n) is 8.05. The Hall–Kier alpha value is -0.300. The Morgan fingerprint density at radius 1 is 1.15 bits per heavy atom. The van der Waals surface area contributed by atoms with Gasteiger partial charge in [-0.15, -0.1) is 0 Å². The van der Waals surface area contributed by atoms with Gasteiger partial charge in [-0.1, -0.05) is 53.2 Å². The first-order valence-electron chi connectivity index (χ1n) is 8.75. The summed E-state index contributed by atoms with van der Waals surface area (Å²) in [6.07, 6.45) is 9.45. The van der Waals surface area contributed by atoms with E-state index >= 15 is 0 Å². The van der Waals surface area contributed by atoms with Crippen LogP contribution in [0.5, 0.6) is 0 Å². The fourth-order valence-corrected chi connectivity index (χ4v) is 3.32. The molecule has 0 heterocycles. The van der Waals surface area contributed by atoms with E-state index in [4.69, 9.17) is 0 Å². The van der Waals surface area contributed by atoms with Crippen molar-refractivity contribution in [3.8, 4) is 0 Å². The minimum atomic E-state index is 0.498. The molecule has 1 rings (SSSR count). The molecule has 1 heteroatoms. The standard InChI is InChI=1S/C19H37N/c1-7-12-20-14-17(15(2)3)13-16-8-10-18(11-9-16)19(4,5)6/h13,15-16,18,20H,7-12,14H2,1-6H3. The predicted octanol–water partition coefficient (Wildman–Crippen LogP) is 5.42. The van der Waals surface area contributed by atoms with Crippen LogP contribution in [0.2, 0.25) is 0 Å².